The van der Waals surface area contributed by atoms with Crippen molar-refractivity contribution in [1.29, 1.82) is 0 Å². The average molecular weight is 187 g/mol. The molecule has 1 fully saturated rings. The fraction of sp³-hybridized carbons (Fsp3) is 0.889. The Morgan fingerprint density at radius 2 is 2.23 bits per heavy atom. The minimum atomic E-state index is -0.958. The van der Waals surface area contributed by atoms with Crippen LogP contribution in [0.5, 0.6) is 0 Å². The summed E-state index contributed by atoms with van der Waals surface area (Å²) in [6.45, 7) is 4.41. The first-order valence-corrected chi connectivity index (χ1v) is 4.67. The Bertz CT molecular complexity index is 193. The maximum absolute atomic E-state index is 11.3. The average Bonchev–Trinajstić information content (AvgIpc) is 2.08. The predicted molar refractivity (Wildman–Crippen MR) is 48.0 cm³/mol. The molecule has 1 aliphatic rings. The standard InChI is InChI=1S/C9H17NO3/c1-6-3-4-10(5-8(6)12)9(13)7(2)11/h6-8,11-12H,3-5H2,1-2H3/t6?,7-,8?/m0/s1. The topological polar surface area (TPSA) is 60.8 Å². The molecule has 0 radical (unpaired) electrons. The van der Waals surface area contributed by atoms with E-state index >= 15 is 0 Å². The first kappa shape index (κ1) is 10.5. The van der Waals surface area contributed by atoms with E-state index in [1.165, 1.54) is 11.8 Å². The quantitative estimate of drug-likeness (QED) is 0.587. The number of β-amino-alcohol motifs (C(OH)–C–C–N with tert-alkyl or cyclic N) is 1. The van der Waals surface area contributed by atoms with Crippen molar-refractivity contribution in [2.24, 2.45) is 5.92 Å². The molecule has 2 N–H and O–H groups in total. The van der Waals surface area contributed by atoms with E-state index in [2.05, 4.69) is 0 Å². The maximum Gasteiger partial charge on any atom is 0.251 e. The van der Waals surface area contributed by atoms with Gasteiger partial charge in [0.1, 0.15) is 6.10 Å². The Morgan fingerprint density at radius 3 is 2.69 bits per heavy atom. The molecule has 0 aromatic rings. The summed E-state index contributed by atoms with van der Waals surface area (Å²) in [4.78, 5) is 12.8. The molecule has 4 heteroatoms. The predicted octanol–water partition coefficient (Wildman–Crippen LogP) is -0.404. The number of aliphatic hydroxyl groups excluding tert-OH is 2. The van der Waals surface area contributed by atoms with E-state index in [9.17, 15) is 9.90 Å². The van der Waals surface area contributed by atoms with Crippen LogP contribution in [0.1, 0.15) is 20.3 Å². The molecule has 0 spiro atoms. The molecule has 4 nitrogen and oxygen atoms in total. The highest BCUT2D eigenvalue weighted by Gasteiger charge is 2.28. The number of rotatable bonds is 1. The van der Waals surface area contributed by atoms with Gasteiger partial charge in [0.15, 0.2) is 0 Å². The number of amides is 1. The Hall–Kier alpha value is -0.610. The molecule has 13 heavy (non-hydrogen) atoms. The third-order valence-corrected chi connectivity index (χ3v) is 2.59. The van der Waals surface area contributed by atoms with E-state index < -0.39 is 12.2 Å². The molecular weight excluding hydrogens is 170 g/mol. The number of hydrogen-bond acceptors (Lipinski definition) is 3. The summed E-state index contributed by atoms with van der Waals surface area (Å²) in [5.41, 5.74) is 0. The molecule has 0 saturated carbocycles. The Balaban J connectivity index is 2.50. The van der Waals surface area contributed by atoms with Crippen LogP contribution in [-0.4, -0.2) is 46.3 Å². The third-order valence-electron chi connectivity index (χ3n) is 2.59. The van der Waals surface area contributed by atoms with Crippen LogP contribution in [-0.2, 0) is 4.79 Å². The largest absolute Gasteiger partial charge is 0.391 e. The van der Waals surface area contributed by atoms with Crippen molar-refractivity contribution in [3.8, 4) is 0 Å². The second-order valence-electron chi connectivity index (χ2n) is 3.79. The van der Waals surface area contributed by atoms with Crippen molar-refractivity contribution >= 4 is 5.91 Å². The summed E-state index contributed by atoms with van der Waals surface area (Å²) in [6.07, 6.45) is -0.600. The van der Waals surface area contributed by atoms with Crippen LogP contribution in [0.2, 0.25) is 0 Å². The highest BCUT2D eigenvalue weighted by Crippen LogP contribution is 2.17. The van der Waals surface area contributed by atoms with Gasteiger partial charge in [0.05, 0.1) is 6.10 Å². The molecule has 1 heterocycles. The number of carbonyl (C=O) groups is 1. The van der Waals surface area contributed by atoms with Gasteiger partial charge in [0.2, 0.25) is 0 Å². The van der Waals surface area contributed by atoms with E-state index in [1.54, 1.807) is 0 Å². The highest BCUT2D eigenvalue weighted by molar-refractivity contribution is 5.80. The number of likely N-dealkylation sites (tertiary alicyclic amines) is 1. The lowest BCUT2D eigenvalue weighted by Gasteiger charge is -2.34. The maximum atomic E-state index is 11.3. The Morgan fingerprint density at radius 1 is 1.62 bits per heavy atom. The van der Waals surface area contributed by atoms with Crippen molar-refractivity contribution in [1.82, 2.24) is 4.90 Å². The summed E-state index contributed by atoms with van der Waals surface area (Å²) in [6, 6.07) is 0. The summed E-state index contributed by atoms with van der Waals surface area (Å²) < 4.78 is 0. The van der Waals surface area contributed by atoms with Gasteiger partial charge in [-0.15, -0.1) is 0 Å². The van der Waals surface area contributed by atoms with Gasteiger partial charge in [-0.05, 0) is 19.3 Å². The molecule has 1 rings (SSSR count). The molecule has 2 unspecified atom stereocenters. The van der Waals surface area contributed by atoms with Crippen molar-refractivity contribution in [3.05, 3.63) is 0 Å². The second-order valence-corrected chi connectivity index (χ2v) is 3.79. The Labute approximate surface area is 78.2 Å². The molecule has 0 aliphatic carbocycles. The number of nitrogens with zero attached hydrogens (tertiary/aromatic N) is 1. The van der Waals surface area contributed by atoms with Gasteiger partial charge >= 0.3 is 0 Å². The first-order chi connectivity index (χ1) is 6.02. The van der Waals surface area contributed by atoms with Crippen molar-refractivity contribution in [2.45, 2.75) is 32.5 Å². The van der Waals surface area contributed by atoms with Crippen molar-refractivity contribution in [3.63, 3.8) is 0 Å². The summed E-state index contributed by atoms with van der Waals surface area (Å²) in [5, 5.41) is 18.6. The molecule has 1 aliphatic heterocycles. The molecule has 1 saturated heterocycles. The second kappa shape index (κ2) is 4.07. The van der Waals surface area contributed by atoms with Crippen molar-refractivity contribution < 1.29 is 15.0 Å². The number of piperidine rings is 1. The molecule has 76 valence electrons. The van der Waals surface area contributed by atoms with E-state index in [1.807, 2.05) is 6.92 Å². The van der Waals surface area contributed by atoms with Crippen LogP contribution in [0, 0.1) is 5.92 Å². The zero-order chi connectivity index (χ0) is 10.0. The van der Waals surface area contributed by atoms with Gasteiger partial charge in [-0.25, -0.2) is 0 Å². The third kappa shape index (κ3) is 2.42. The van der Waals surface area contributed by atoms with Gasteiger partial charge < -0.3 is 15.1 Å². The zero-order valence-corrected chi connectivity index (χ0v) is 8.10. The first-order valence-electron chi connectivity index (χ1n) is 4.67. The van der Waals surface area contributed by atoms with Gasteiger partial charge in [-0.3, -0.25) is 4.79 Å². The van der Waals surface area contributed by atoms with Crippen LogP contribution in [0.4, 0.5) is 0 Å². The van der Waals surface area contributed by atoms with E-state index in [0.29, 0.717) is 13.1 Å². The lowest BCUT2D eigenvalue weighted by atomic mass is 9.96. The van der Waals surface area contributed by atoms with Crippen LogP contribution in [0.3, 0.4) is 0 Å². The summed E-state index contributed by atoms with van der Waals surface area (Å²) in [5.74, 6) is -0.0380. The van der Waals surface area contributed by atoms with E-state index in [4.69, 9.17) is 5.11 Å². The highest BCUT2D eigenvalue weighted by atomic mass is 16.3. The van der Waals surface area contributed by atoms with Gasteiger partial charge in [0, 0.05) is 13.1 Å². The van der Waals surface area contributed by atoms with Gasteiger partial charge in [-0.1, -0.05) is 6.92 Å². The molecule has 1 amide bonds. The molecular formula is C9H17NO3. The molecule has 0 aromatic carbocycles. The van der Waals surface area contributed by atoms with Crippen molar-refractivity contribution in [2.75, 3.05) is 13.1 Å². The minimum Gasteiger partial charge on any atom is -0.391 e. The normalized spacial score (nSPS) is 31.5. The SMILES string of the molecule is CC1CCN(C(=O)[C@H](C)O)CC1O. The lowest BCUT2D eigenvalue weighted by molar-refractivity contribution is -0.143. The van der Waals surface area contributed by atoms with Gasteiger partial charge in [-0.2, -0.15) is 0 Å². The smallest absolute Gasteiger partial charge is 0.251 e. The monoisotopic (exact) mass is 187 g/mol. The molecule has 0 aromatic heterocycles. The van der Waals surface area contributed by atoms with Crippen LogP contribution in [0.25, 0.3) is 0 Å². The fourth-order valence-electron chi connectivity index (χ4n) is 1.51. The van der Waals surface area contributed by atoms with Crippen LogP contribution >= 0.6 is 0 Å². The zero-order valence-electron chi connectivity index (χ0n) is 8.10. The molecule has 0 bridgehead atoms. The van der Waals surface area contributed by atoms with Crippen LogP contribution in [0.15, 0.2) is 0 Å². The minimum absolute atomic E-state index is 0.248. The number of hydrogen-bond donors (Lipinski definition) is 2. The molecule has 3 atom stereocenters. The number of carbonyl (C=O) groups excluding carboxylic acids is 1. The van der Waals surface area contributed by atoms with E-state index in [0.717, 1.165) is 6.42 Å². The van der Waals surface area contributed by atoms with Gasteiger partial charge in [0.25, 0.3) is 5.91 Å². The fourth-order valence-corrected chi connectivity index (χ4v) is 1.51. The Kier molecular flexibility index (Phi) is 3.27. The lowest BCUT2D eigenvalue weighted by Crippen LogP contribution is -2.48. The number of aliphatic hydroxyl groups is 2. The summed E-state index contributed by atoms with van der Waals surface area (Å²) in [7, 11) is 0. The van der Waals surface area contributed by atoms with Crippen LogP contribution < -0.4 is 0 Å². The van der Waals surface area contributed by atoms with E-state index in [-0.39, 0.29) is 11.8 Å². The summed E-state index contributed by atoms with van der Waals surface area (Å²) >= 11 is 0.